The molecular formula is C20H24N4O6. The van der Waals surface area contributed by atoms with E-state index in [1.165, 1.54) is 24.3 Å². The van der Waals surface area contributed by atoms with Gasteiger partial charge in [-0.15, -0.1) is 0 Å². The summed E-state index contributed by atoms with van der Waals surface area (Å²) in [5.41, 5.74) is 12.4. The molecule has 0 radical (unpaired) electrons. The van der Waals surface area contributed by atoms with Crippen molar-refractivity contribution in [2.75, 3.05) is 11.9 Å². The van der Waals surface area contributed by atoms with Crippen LogP contribution in [-0.4, -0.2) is 29.6 Å². The summed E-state index contributed by atoms with van der Waals surface area (Å²) < 4.78 is 9.96. The quantitative estimate of drug-likeness (QED) is 0.175. The Bertz CT molecular complexity index is 855. The van der Waals surface area contributed by atoms with Gasteiger partial charge in [-0.05, 0) is 49.2 Å². The van der Waals surface area contributed by atoms with Crippen molar-refractivity contribution >= 4 is 23.4 Å². The van der Waals surface area contributed by atoms with E-state index in [2.05, 4.69) is 5.32 Å². The van der Waals surface area contributed by atoms with Crippen LogP contribution in [0.25, 0.3) is 0 Å². The van der Waals surface area contributed by atoms with Gasteiger partial charge in [0.15, 0.2) is 0 Å². The third kappa shape index (κ3) is 7.49. The number of hydrogen-bond donors (Lipinski definition) is 3. The molecule has 1 unspecified atom stereocenters. The largest absolute Gasteiger partial charge is 0.514 e. The molecule has 10 nitrogen and oxygen atoms in total. The molecule has 30 heavy (non-hydrogen) atoms. The number of nitrogens with one attached hydrogen (secondary N) is 1. The van der Waals surface area contributed by atoms with Crippen LogP contribution in [-0.2, 0) is 16.1 Å². The third-order valence-electron chi connectivity index (χ3n) is 4.13. The van der Waals surface area contributed by atoms with E-state index in [0.29, 0.717) is 24.2 Å². The number of amides is 1. The summed E-state index contributed by atoms with van der Waals surface area (Å²) in [7, 11) is 0. The minimum Gasteiger partial charge on any atom is -0.429 e. The molecule has 0 aliphatic rings. The molecule has 1 amide bonds. The van der Waals surface area contributed by atoms with Gasteiger partial charge >= 0.3 is 6.16 Å². The van der Waals surface area contributed by atoms with E-state index >= 15 is 0 Å². The maximum atomic E-state index is 12.0. The Morgan fingerprint density at radius 2 is 1.73 bits per heavy atom. The molecule has 2 aromatic carbocycles. The smallest absolute Gasteiger partial charge is 0.429 e. The van der Waals surface area contributed by atoms with E-state index in [9.17, 15) is 19.7 Å². The number of rotatable bonds is 10. The SMILES string of the molecule is NCCCCC(N)C(=O)Nc1ccc(COC(=O)Oc2ccc([N+](=O)[O-])cc2)cc1. The van der Waals surface area contributed by atoms with Gasteiger partial charge in [-0.25, -0.2) is 4.79 Å². The molecule has 1 atom stereocenters. The molecule has 2 rings (SSSR count). The second-order valence-corrected chi connectivity index (χ2v) is 6.47. The summed E-state index contributed by atoms with van der Waals surface area (Å²) in [6, 6.07) is 11.2. The number of nitrogens with zero attached hydrogens (tertiary/aromatic N) is 1. The summed E-state index contributed by atoms with van der Waals surface area (Å²) in [5.74, 6) is -0.144. The van der Waals surface area contributed by atoms with Crippen LogP contribution in [0.15, 0.2) is 48.5 Å². The Morgan fingerprint density at radius 3 is 2.33 bits per heavy atom. The van der Waals surface area contributed by atoms with Gasteiger partial charge < -0.3 is 26.3 Å². The fraction of sp³-hybridized carbons (Fsp3) is 0.300. The van der Waals surface area contributed by atoms with Crippen LogP contribution >= 0.6 is 0 Å². The molecule has 0 saturated heterocycles. The highest BCUT2D eigenvalue weighted by Gasteiger charge is 2.13. The van der Waals surface area contributed by atoms with Gasteiger partial charge in [0.05, 0.1) is 11.0 Å². The van der Waals surface area contributed by atoms with Crippen molar-refractivity contribution in [2.45, 2.75) is 31.9 Å². The van der Waals surface area contributed by atoms with Crippen molar-refractivity contribution in [3.63, 3.8) is 0 Å². The van der Waals surface area contributed by atoms with E-state index < -0.39 is 17.1 Å². The number of anilines is 1. The van der Waals surface area contributed by atoms with Crippen molar-refractivity contribution < 1.29 is 24.0 Å². The summed E-state index contributed by atoms with van der Waals surface area (Å²) in [4.78, 5) is 33.8. The van der Waals surface area contributed by atoms with Crippen molar-refractivity contribution in [3.05, 3.63) is 64.2 Å². The number of non-ortho nitro benzene ring substituents is 1. The average molecular weight is 416 g/mol. The van der Waals surface area contributed by atoms with Crippen LogP contribution in [0.2, 0.25) is 0 Å². The third-order valence-corrected chi connectivity index (χ3v) is 4.13. The van der Waals surface area contributed by atoms with Crippen LogP contribution in [0.5, 0.6) is 5.75 Å². The van der Waals surface area contributed by atoms with Gasteiger partial charge in [-0.1, -0.05) is 18.6 Å². The van der Waals surface area contributed by atoms with E-state index in [1.807, 2.05) is 0 Å². The fourth-order valence-corrected chi connectivity index (χ4v) is 2.46. The number of nitro benzene ring substituents is 1. The number of hydrogen-bond acceptors (Lipinski definition) is 8. The first kappa shape index (κ1) is 22.8. The highest BCUT2D eigenvalue weighted by Crippen LogP contribution is 2.18. The van der Waals surface area contributed by atoms with Gasteiger partial charge in [0.25, 0.3) is 5.69 Å². The van der Waals surface area contributed by atoms with Crippen LogP contribution < -0.4 is 21.5 Å². The molecule has 2 aromatic rings. The lowest BCUT2D eigenvalue weighted by molar-refractivity contribution is -0.384. The fourth-order valence-electron chi connectivity index (χ4n) is 2.46. The van der Waals surface area contributed by atoms with Crippen LogP contribution in [0, 0.1) is 10.1 Å². The summed E-state index contributed by atoms with van der Waals surface area (Å²) in [5, 5.41) is 13.3. The van der Waals surface area contributed by atoms with Crippen LogP contribution in [0.1, 0.15) is 24.8 Å². The predicted molar refractivity (Wildman–Crippen MR) is 110 cm³/mol. The lowest BCUT2D eigenvalue weighted by atomic mass is 10.1. The molecule has 0 fully saturated rings. The predicted octanol–water partition coefficient (Wildman–Crippen LogP) is 2.71. The van der Waals surface area contributed by atoms with Crippen molar-refractivity contribution in [3.8, 4) is 5.75 Å². The lowest BCUT2D eigenvalue weighted by Gasteiger charge is -2.12. The number of nitrogens with two attached hydrogens (primary N) is 2. The monoisotopic (exact) mass is 416 g/mol. The van der Waals surface area contributed by atoms with Crippen molar-refractivity contribution in [1.29, 1.82) is 0 Å². The minimum absolute atomic E-state index is 0.0430. The summed E-state index contributed by atoms with van der Waals surface area (Å²) >= 11 is 0. The lowest BCUT2D eigenvalue weighted by Crippen LogP contribution is -2.35. The van der Waals surface area contributed by atoms with E-state index in [1.54, 1.807) is 24.3 Å². The number of benzene rings is 2. The molecule has 0 bridgehead atoms. The second kappa shape index (κ2) is 11.5. The maximum Gasteiger partial charge on any atom is 0.514 e. The summed E-state index contributed by atoms with van der Waals surface area (Å²) in [6.07, 6.45) is 1.23. The number of nitro groups is 1. The van der Waals surface area contributed by atoms with Crippen LogP contribution in [0.4, 0.5) is 16.2 Å². The molecule has 0 aliphatic heterocycles. The molecule has 10 heteroatoms. The Morgan fingerprint density at radius 1 is 1.07 bits per heavy atom. The number of carbonyl (C=O) groups excluding carboxylic acids is 2. The van der Waals surface area contributed by atoms with Gasteiger partial charge in [0.1, 0.15) is 12.4 Å². The molecular weight excluding hydrogens is 392 g/mol. The molecule has 0 spiro atoms. The van der Waals surface area contributed by atoms with Crippen molar-refractivity contribution in [2.24, 2.45) is 11.5 Å². The first-order chi connectivity index (χ1) is 14.4. The zero-order chi connectivity index (χ0) is 21.9. The van der Waals surface area contributed by atoms with E-state index in [0.717, 1.165) is 12.8 Å². The molecule has 5 N–H and O–H groups in total. The van der Waals surface area contributed by atoms with E-state index in [-0.39, 0.29) is 24.0 Å². The number of carbonyl (C=O) groups is 2. The zero-order valence-corrected chi connectivity index (χ0v) is 16.3. The maximum absolute atomic E-state index is 12.0. The minimum atomic E-state index is -0.940. The Balaban J connectivity index is 1.77. The molecule has 0 aromatic heterocycles. The Hall–Kier alpha value is -3.50. The Labute approximate surface area is 173 Å². The second-order valence-electron chi connectivity index (χ2n) is 6.47. The molecule has 160 valence electrons. The molecule has 0 aliphatic carbocycles. The standard InChI is InChI=1S/C20H24N4O6/c21-12-2-1-3-18(22)19(25)23-15-6-4-14(5-7-15)13-29-20(26)30-17-10-8-16(9-11-17)24(27)28/h4-11,18H,1-3,12-13,21-22H2,(H,23,25). The normalized spacial score (nSPS) is 11.4. The zero-order valence-electron chi connectivity index (χ0n) is 16.3. The van der Waals surface area contributed by atoms with Gasteiger partial charge in [-0.3, -0.25) is 14.9 Å². The average Bonchev–Trinajstić information content (AvgIpc) is 2.73. The number of unbranched alkanes of at least 4 members (excludes halogenated alkanes) is 1. The Kier molecular flexibility index (Phi) is 8.73. The van der Waals surface area contributed by atoms with Crippen LogP contribution in [0.3, 0.4) is 0 Å². The van der Waals surface area contributed by atoms with Gasteiger partial charge in [0.2, 0.25) is 5.91 Å². The topological polar surface area (TPSA) is 160 Å². The molecule has 0 saturated carbocycles. The highest BCUT2D eigenvalue weighted by molar-refractivity contribution is 5.94. The van der Waals surface area contributed by atoms with Crippen molar-refractivity contribution in [1.82, 2.24) is 0 Å². The summed E-state index contributed by atoms with van der Waals surface area (Å²) in [6.45, 7) is 0.526. The van der Waals surface area contributed by atoms with Gasteiger partial charge in [-0.2, -0.15) is 0 Å². The van der Waals surface area contributed by atoms with E-state index in [4.69, 9.17) is 20.9 Å². The number of ether oxygens (including phenoxy) is 2. The first-order valence-electron chi connectivity index (χ1n) is 9.33. The molecule has 0 heterocycles. The first-order valence-corrected chi connectivity index (χ1v) is 9.33. The highest BCUT2D eigenvalue weighted by atomic mass is 16.7. The van der Waals surface area contributed by atoms with Gasteiger partial charge in [0, 0.05) is 17.8 Å².